The highest BCUT2D eigenvalue weighted by Crippen LogP contribution is 2.10. The second kappa shape index (κ2) is 6.43. The minimum absolute atomic E-state index is 0.819. The van der Waals surface area contributed by atoms with Gasteiger partial charge in [0.1, 0.15) is 0 Å². The van der Waals surface area contributed by atoms with Crippen molar-refractivity contribution in [1.29, 1.82) is 0 Å². The Balaban J connectivity index is 2.73. The van der Waals surface area contributed by atoms with Crippen molar-refractivity contribution in [1.82, 2.24) is 15.3 Å². The number of rotatable bonds is 6. The zero-order chi connectivity index (χ0) is 12.0. The molecule has 0 spiro atoms. The van der Waals surface area contributed by atoms with Crippen molar-refractivity contribution in [2.24, 2.45) is 0 Å². The van der Waals surface area contributed by atoms with Crippen LogP contribution in [0.4, 0.5) is 5.95 Å². The third kappa shape index (κ3) is 3.45. The average molecular weight is 222 g/mol. The summed E-state index contributed by atoms with van der Waals surface area (Å²) in [6.45, 7) is 9.10. The zero-order valence-electron chi connectivity index (χ0n) is 10.7. The van der Waals surface area contributed by atoms with Crippen LogP contribution in [0.5, 0.6) is 0 Å². The van der Waals surface area contributed by atoms with Crippen molar-refractivity contribution in [3.05, 3.63) is 17.5 Å². The minimum atomic E-state index is 0.819. The smallest absolute Gasteiger partial charge is 0.225 e. The molecule has 1 N–H and O–H groups in total. The lowest BCUT2D eigenvalue weighted by Crippen LogP contribution is -2.21. The van der Waals surface area contributed by atoms with Crippen LogP contribution in [0.15, 0.2) is 6.20 Å². The van der Waals surface area contributed by atoms with Gasteiger partial charge in [0.05, 0.1) is 0 Å². The van der Waals surface area contributed by atoms with Crippen molar-refractivity contribution in [2.75, 3.05) is 25.0 Å². The first kappa shape index (κ1) is 12.9. The quantitative estimate of drug-likeness (QED) is 0.796. The summed E-state index contributed by atoms with van der Waals surface area (Å²) < 4.78 is 0. The van der Waals surface area contributed by atoms with E-state index in [9.17, 15) is 0 Å². The molecule has 0 bridgehead atoms. The molecule has 0 aliphatic rings. The van der Waals surface area contributed by atoms with Crippen molar-refractivity contribution < 1.29 is 0 Å². The Hall–Kier alpha value is -1.16. The number of hydrogen-bond donors (Lipinski definition) is 1. The molecule has 0 aromatic carbocycles. The lowest BCUT2D eigenvalue weighted by molar-refractivity contribution is 0.713. The molecule has 1 heterocycles. The van der Waals surface area contributed by atoms with E-state index >= 15 is 0 Å². The summed E-state index contributed by atoms with van der Waals surface area (Å²) in [5, 5.41) is 3.29. The zero-order valence-corrected chi connectivity index (χ0v) is 10.7. The van der Waals surface area contributed by atoms with E-state index in [1.807, 2.05) is 20.2 Å². The summed E-state index contributed by atoms with van der Waals surface area (Å²) in [7, 11) is 2.03. The van der Waals surface area contributed by atoms with Crippen LogP contribution in [0.25, 0.3) is 0 Å². The lowest BCUT2D eigenvalue weighted by Gasteiger charge is -2.17. The molecule has 4 nitrogen and oxygen atoms in total. The first-order valence-corrected chi connectivity index (χ1v) is 5.93. The maximum absolute atomic E-state index is 4.52. The van der Waals surface area contributed by atoms with E-state index in [2.05, 4.69) is 34.0 Å². The molecule has 0 aliphatic carbocycles. The van der Waals surface area contributed by atoms with Crippen LogP contribution in [-0.4, -0.2) is 30.1 Å². The van der Waals surface area contributed by atoms with Gasteiger partial charge in [-0.05, 0) is 19.9 Å². The monoisotopic (exact) mass is 222 g/mol. The predicted molar refractivity (Wildman–Crippen MR) is 67.7 cm³/mol. The second-order valence-corrected chi connectivity index (χ2v) is 3.98. The van der Waals surface area contributed by atoms with Crippen molar-refractivity contribution in [2.45, 2.75) is 33.7 Å². The Morgan fingerprint density at radius 1 is 1.38 bits per heavy atom. The Bertz CT molecular complexity index is 325. The second-order valence-electron chi connectivity index (χ2n) is 3.98. The Morgan fingerprint density at radius 3 is 2.69 bits per heavy atom. The van der Waals surface area contributed by atoms with Gasteiger partial charge in [0.2, 0.25) is 5.95 Å². The van der Waals surface area contributed by atoms with Crippen LogP contribution in [0.3, 0.4) is 0 Å². The highest BCUT2D eigenvalue weighted by Gasteiger charge is 2.06. The molecule has 0 unspecified atom stereocenters. The lowest BCUT2D eigenvalue weighted by atomic mass is 10.2. The van der Waals surface area contributed by atoms with E-state index in [0.717, 1.165) is 37.7 Å². The van der Waals surface area contributed by atoms with Crippen molar-refractivity contribution >= 4 is 5.95 Å². The minimum Gasteiger partial charge on any atom is -0.344 e. The van der Waals surface area contributed by atoms with E-state index in [4.69, 9.17) is 0 Å². The van der Waals surface area contributed by atoms with Crippen LogP contribution < -0.4 is 10.2 Å². The molecule has 90 valence electrons. The van der Waals surface area contributed by atoms with Gasteiger partial charge in [0.25, 0.3) is 0 Å². The SMILES string of the molecule is CCCN(C)c1ncc(CNCC)c(C)n1. The van der Waals surface area contributed by atoms with E-state index < -0.39 is 0 Å². The molecule has 1 rings (SSSR count). The molecule has 0 amide bonds. The fraction of sp³-hybridized carbons (Fsp3) is 0.667. The fourth-order valence-corrected chi connectivity index (χ4v) is 1.53. The van der Waals surface area contributed by atoms with Gasteiger partial charge >= 0.3 is 0 Å². The molecule has 0 saturated heterocycles. The third-order valence-corrected chi connectivity index (χ3v) is 2.53. The number of aryl methyl sites for hydroxylation is 1. The maximum Gasteiger partial charge on any atom is 0.225 e. The molecule has 0 fully saturated rings. The van der Waals surface area contributed by atoms with E-state index in [1.54, 1.807) is 0 Å². The van der Waals surface area contributed by atoms with Gasteiger partial charge in [0.15, 0.2) is 0 Å². The van der Waals surface area contributed by atoms with Gasteiger partial charge in [-0.3, -0.25) is 0 Å². The van der Waals surface area contributed by atoms with Crippen LogP contribution >= 0.6 is 0 Å². The molecule has 1 aromatic rings. The number of nitrogens with zero attached hydrogens (tertiary/aromatic N) is 3. The van der Waals surface area contributed by atoms with Crippen molar-refractivity contribution in [3.8, 4) is 0 Å². The number of nitrogens with one attached hydrogen (secondary N) is 1. The summed E-state index contributed by atoms with van der Waals surface area (Å²) in [4.78, 5) is 11.0. The average Bonchev–Trinajstić information content (AvgIpc) is 2.27. The molecular weight excluding hydrogens is 200 g/mol. The van der Waals surface area contributed by atoms with Crippen LogP contribution in [0.1, 0.15) is 31.5 Å². The Kier molecular flexibility index (Phi) is 5.19. The Labute approximate surface area is 98.1 Å². The molecule has 1 aromatic heterocycles. The molecule has 0 atom stereocenters. The third-order valence-electron chi connectivity index (χ3n) is 2.53. The van der Waals surface area contributed by atoms with Gasteiger partial charge < -0.3 is 10.2 Å². The van der Waals surface area contributed by atoms with Gasteiger partial charge in [0, 0.05) is 37.6 Å². The maximum atomic E-state index is 4.52. The summed E-state index contributed by atoms with van der Waals surface area (Å²) in [6, 6.07) is 0. The van der Waals surface area contributed by atoms with Gasteiger partial charge in [-0.1, -0.05) is 13.8 Å². The van der Waals surface area contributed by atoms with E-state index in [0.29, 0.717) is 0 Å². The van der Waals surface area contributed by atoms with E-state index in [1.165, 1.54) is 5.56 Å². The Morgan fingerprint density at radius 2 is 2.12 bits per heavy atom. The fourth-order valence-electron chi connectivity index (χ4n) is 1.53. The van der Waals surface area contributed by atoms with Crippen molar-refractivity contribution in [3.63, 3.8) is 0 Å². The normalized spacial score (nSPS) is 10.5. The summed E-state index contributed by atoms with van der Waals surface area (Å²) in [5.41, 5.74) is 2.24. The predicted octanol–water partition coefficient (Wildman–Crippen LogP) is 1.74. The first-order valence-electron chi connectivity index (χ1n) is 5.93. The highest BCUT2D eigenvalue weighted by atomic mass is 15.2. The number of anilines is 1. The largest absolute Gasteiger partial charge is 0.344 e. The van der Waals surface area contributed by atoms with Gasteiger partial charge in [-0.25, -0.2) is 9.97 Å². The van der Waals surface area contributed by atoms with Crippen LogP contribution in [-0.2, 0) is 6.54 Å². The standard InChI is InChI=1S/C12H22N4/c1-5-7-16(4)12-14-9-11(8-13-6-2)10(3)15-12/h9,13H,5-8H2,1-4H3. The summed E-state index contributed by atoms with van der Waals surface area (Å²) in [6.07, 6.45) is 3.03. The summed E-state index contributed by atoms with van der Waals surface area (Å²) in [5.74, 6) is 0.819. The van der Waals surface area contributed by atoms with Crippen LogP contribution in [0, 0.1) is 6.92 Å². The summed E-state index contributed by atoms with van der Waals surface area (Å²) >= 11 is 0. The topological polar surface area (TPSA) is 41.1 Å². The highest BCUT2D eigenvalue weighted by molar-refractivity contribution is 5.31. The van der Waals surface area contributed by atoms with Gasteiger partial charge in [-0.15, -0.1) is 0 Å². The molecule has 0 aliphatic heterocycles. The number of hydrogen-bond acceptors (Lipinski definition) is 4. The molecule has 0 saturated carbocycles. The molecular formula is C12H22N4. The molecule has 16 heavy (non-hydrogen) atoms. The first-order chi connectivity index (χ1) is 7.69. The molecule has 4 heteroatoms. The van der Waals surface area contributed by atoms with Crippen LogP contribution in [0.2, 0.25) is 0 Å². The van der Waals surface area contributed by atoms with E-state index in [-0.39, 0.29) is 0 Å². The van der Waals surface area contributed by atoms with Gasteiger partial charge in [-0.2, -0.15) is 0 Å². The molecule has 0 radical (unpaired) electrons. The number of aromatic nitrogens is 2.